The molecule has 0 saturated carbocycles. The van der Waals surface area contributed by atoms with Crippen molar-refractivity contribution < 1.29 is 4.74 Å². The molecule has 4 rings (SSSR count). The van der Waals surface area contributed by atoms with Crippen LogP contribution in [0.25, 0.3) is 17.1 Å². The molecular weight excluding hydrogens is 396 g/mol. The first kappa shape index (κ1) is 21.1. The van der Waals surface area contributed by atoms with E-state index < -0.39 is 0 Å². The second kappa shape index (κ2) is 9.79. The van der Waals surface area contributed by atoms with Crippen molar-refractivity contribution in [1.29, 1.82) is 0 Å². The van der Waals surface area contributed by atoms with Crippen LogP contribution >= 0.6 is 11.8 Å². The average molecular weight is 427 g/mol. The van der Waals surface area contributed by atoms with E-state index in [2.05, 4.69) is 23.5 Å². The van der Waals surface area contributed by atoms with Crippen LogP contribution in [0, 0.1) is 5.92 Å². The average Bonchev–Trinajstić information content (AvgIpc) is 2.91. The van der Waals surface area contributed by atoms with Gasteiger partial charge in [-0.05, 0) is 43.7 Å². The first-order chi connectivity index (χ1) is 14.6. The fraction of sp³-hybridized carbons (Fsp3) is 0.522. The van der Waals surface area contributed by atoms with Crippen LogP contribution in [-0.2, 0) is 17.7 Å². The summed E-state index contributed by atoms with van der Waals surface area (Å²) in [7, 11) is 0. The van der Waals surface area contributed by atoms with Crippen molar-refractivity contribution in [3.63, 3.8) is 0 Å². The fourth-order valence-corrected chi connectivity index (χ4v) is 4.71. The van der Waals surface area contributed by atoms with E-state index in [0.717, 1.165) is 61.1 Å². The lowest BCUT2D eigenvalue weighted by Crippen LogP contribution is -2.19. The fourth-order valence-electron chi connectivity index (χ4n) is 3.82. The summed E-state index contributed by atoms with van der Waals surface area (Å²) in [5.74, 6) is 2.06. The number of rotatable bonds is 8. The number of nitrogens with zero attached hydrogens (tertiary/aromatic N) is 4. The Kier molecular flexibility index (Phi) is 6.89. The van der Waals surface area contributed by atoms with Gasteiger partial charge in [0.25, 0.3) is 5.56 Å². The third kappa shape index (κ3) is 4.62. The van der Waals surface area contributed by atoms with Gasteiger partial charge in [-0.15, -0.1) is 5.10 Å². The largest absolute Gasteiger partial charge is 0.381 e. The highest BCUT2D eigenvalue weighted by atomic mass is 32.2. The van der Waals surface area contributed by atoms with Crippen LogP contribution in [-0.4, -0.2) is 38.3 Å². The van der Waals surface area contributed by atoms with Gasteiger partial charge in [0.2, 0.25) is 0 Å². The van der Waals surface area contributed by atoms with E-state index in [0.29, 0.717) is 23.9 Å². The Morgan fingerprint density at radius 1 is 1.13 bits per heavy atom. The van der Waals surface area contributed by atoms with Gasteiger partial charge in [0.15, 0.2) is 11.0 Å². The minimum atomic E-state index is -0.0667. The predicted molar refractivity (Wildman–Crippen MR) is 121 cm³/mol. The lowest BCUT2D eigenvalue weighted by molar-refractivity contribution is 0.138. The zero-order chi connectivity index (χ0) is 20.9. The minimum Gasteiger partial charge on any atom is -0.381 e. The Labute approximate surface area is 182 Å². The molecule has 0 saturated heterocycles. The zero-order valence-electron chi connectivity index (χ0n) is 17.8. The van der Waals surface area contributed by atoms with Crippen LogP contribution in [0.15, 0.2) is 40.3 Å². The van der Waals surface area contributed by atoms with Gasteiger partial charge >= 0.3 is 0 Å². The van der Waals surface area contributed by atoms with Gasteiger partial charge < -0.3 is 9.30 Å². The molecule has 6 nitrogen and oxygen atoms in total. The summed E-state index contributed by atoms with van der Waals surface area (Å²) >= 11 is 1.70. The molecule has 7 heteroatoms. The van der Waals surface area contributed by atoms with Crippen molar-refractivity contribution in [2.45, 2.75) is 57.7 Å². The molecular formula is C23H30N4O2S. The summed E-state index contributed by atoms with van der Waals surface area (Å²) in [6, 6.07) is 9.59. The van der Waals surface area contributed by atoms with Gasteiger partial charge in [0.1, 0.15) is 5.56 Å². The van der Waals surface area contributed by atoms with Gasteiger partial charge in [-0.2, -0.15) is 4.68 Å². The number of ether oxygens (including phenoxy) is 1. The summed E-state index contributed by atoms with van der Waals surface area (Å²) < 4.78 is 9.53. The summed E-state index contributed by atoms with van der Waals surface area (Å²) in [5, 5.41) is 5.54. The molecule has 0 bridgehead atoms. The molecule has 0 atom stereocenters. The van der Waals surface area contributed by atoms with Crippen molar-refractivity contribution in [3.05, 3.63) is 46.4 Å². The lowest BCUT2D eigenvalue weighted by atomic mass is 10.1. The summed E-state index contributed by atoms with van der Waals surface area (Å²) in [5.41, 5.74) is 2.48. The van der Waals surface area contributed by atoms with Gasteiger partial charge in [-0.3, -0.25) is 4.79 Å². The van der Waals surface area contributed by atoms with E-state index in [1.54, 1.807) is 11.8 Å². The second-order valence-electron chi connectivity index (χ2n) is 8.20. The Morgan fingerprint density at radius 3 is 2.77 bits per heavy atom. The zero-order valence-corrected chi connectivity index (χ0v) is 18.7. The first-order valence-electron chi connectivity index (χ1n) is 10.9. The number of hydrogen-bond donors (Lipinski definition) is 0. The Morgan fingerprint density at radius 2 is 1.97 bits per heavy atom. The van der Waals surface area contributed by atoms with Crippen molar-refractivity contribution in [2.24, 2.45) is 5.92 Å². The highest BCUT2D eigenvalue weighted by Crippen LogP contribution is 2.30. The maximum atomic E-state index is 13.2. The lowest BCUT2D eigenvalue weighted by Gasteiger charge is -2.17. The second-order valence-corrected chi connectivity index (χ2v) is 9.26. The molecule has 1 aromatic carbocycles. The SMILES string of the molecule is CC(C)CCOCCSc1nc2nn(-c3ccccc3)c(=O)c-2c2n1CCCCC2. The number of hydrogen-bond acceptors (Lipinski definition) is 5. The van der Waals surface area contributed by atoms with E-state index in [1.807, 2.05) is 30.3 Å². The molecule has 3 heterocycles. The topological polar surface area (TPSA) is 61.9 Å². The molecule has 160 valence electrons. The highest BCUT2D eigenvalue weighted by molar-refractivity contribution is 7.99. The maximum Gasteiger partial charge on any atom is 0.284 e. The molecule has 0 aliphatic carbocycles. The predicted octanol–water partition coefficient (Wildman–Crippen LogP) is 4.42. The van der Waals surface area contributed by atoms with Gasteiger partial charge in [0.05, 0.1) is 12.3 Å². The third-order valence-corrected chi connectivity index (χ3v) is 6.41. The van der Waals surface area contributed by atoms with E-state index in [-0.39, 0.29) is 5.56 Å². The standard InChI is InChI=1S/C23H30N4O2S/c1-17(2)12-14-29-15-16-30-23-24-21-20(19-11-7-4-8-13-26(19)23)22(28)27(25-21)18-9-5-3-6-10-18/h3,5-6,9-10,17H,4,7-8,11-16H2,1-2H3. The Hall–Kier alpha value is -2.12. The first-order valence-corrected chi connectivity index (χ1v) is 11.9. The smallest absolute Gasteiger partial charge is 0.284 e. The molecule has 0 amide bonds. The van der Waals surface area contributed by atoms with Crippen LogP contribution in [0.1, 0.15) is 45.2 Å². The van der Waals surface area contributed by atoms with Gasteiger partial charge in [0, 0.05) is 24.6 Å². The van der Waals surface area contributed by atoms with Crippen LogP contribution in [0.5, 0.6) is 0 Å². The van der Waals surface area contributed by atoms with E-state index in [4.69, 9.17) is 9.72 Å². The monoisotopic (exact) mass is 426 g/mol. The molecule has 0 fully saturated rings. The van der Waals surface area contributed by atoms with Crippen LogP contribution < -0.4 is 5.56 Å². The summed E-state index contributed by atoms with van der Waals surface area (Å²) in [4.78, 5) is 18.1. The molecule has 0 radical (unpaired) electrons. The molecule has 3 aliphatic heterocycles. The maximum absolute atomic E-state index is 13.2. The third-order valence-electron chi connectivity index (χ3n) is 5.47. The summed E-state index contributed by atoms with van der Waals surface area (Å²) in [6.45, 7) is 6.84. The number of aromatic nitrogens is 4. The number of benzene rings is 1. The minimum absolute atomic E-state index is 0.0667. The van der Waals surface area contributed by atoms with Crippen molar-refractivity contribution in [2.75, 3.05) is 19.0 Å². The van der Waals surface area contributed by atoms with Crippen LogP contribution in [0.2, 0.25) is 0 Å². The molecule has 0 unspecified atom stereocenters. The van der Waals surface area contributed by atoms with Crippen LogP contribution in [0.3, 0.4) is 0 Å². The molecule has 0 N–H and O–H groups in total. The van der Waals surface area contributed by atoms with E-state index >= 15 is 0 Å². The highest BCUT2D eigenvalue weighted by Gasteiger charge is 2.26. The number of thioether (sulfide) groups is 1. The number of fused-ring (bicyclic) bond motifs is 3. The quantitative estimate of drug-likeness (QED) is 0.303. The van der Waals surface area contributed by atoms with E-state index in [1.165, 1.54) is 11.1 Å². The molecule has 3 aliphatic rings. The van der Waals surface area contributed by atoms with Gasteiger partial charge in [-0.25, -0.2) is 4.98 Å². The van der Waals surface area contributed by atoms with Gasteiger partial charge in [-0.1, -0.05) is 50.2 Å². The van der Waals surface area contributed by atoms with Crippen molar-refractivity contribution in [3.8, 4) is 17.1 Å². The van der Waals surface area contributed by atoms with Crippen molar-refractivity contribution in [1.82, 2.24) is 19.3 Å². The normalized spacial score (nSPS) is 14.2. The Bertz CT molecular complexity index is 996. The van der Waals surface area contributed by atoms with Crippen molar-refractivity contribution >= 4 is 11.8 Å². The Balaban J connectivity index is 1.63. The number of para-hydroxylation sites is 1. The molecule has 0 aromatic heterocycles. The van der Waals surface area contributed by atoms with Crippen LogP contribution in [0.4, 0.5) is 0 Å². The van der Waals surface area contributed by atoms with E-state index in [9.17, 15) is 4.79 Å². The summed E-state index contributed by atoms with van der Waals surface area (Å²) in [6.07, 6.45) is 5.36. The molecule has 30 heavy (non-hydrogen) atoms. The molecule has 0 spiro atoms. The molecule has 1 aromatic rings.